The van der Waals surface area contributed by atoms with E-state index in [1.54, 1.807) is 13.1 Å². The number of hydrogen-bond acceptors (Lipinski definition) is 5. The molecule has 88 valence electrons. The molecule has 1 heterocycles. The molecule has 0 aromatic carbocycles. The molecular weight excluding hydrogens is 224 g/mol. The second kappa shape index (κ2) is 6.48. The number of rotatable bonds is 5. The summed E-state index contributed by atoms with van der Waals surface area (Å²) < 4.78 is 4.92. The van der Waals surface area contributed by atoms with Gasteiger partial charge in [-0.2, -0.15) is 0 Å². The van der Waals surface area contributed by atoms with Gasteiger partial charge in [-0.25, -0.2) is 9.97 Å². The van der Waals surface area contributed by atoms with Crippen LogP contribution in [-0.2, 0) is 9.53 Å². The molecule has 0 radical (unpaired) electrons. The summed E-state index contributed by atoms with van der Waals surface area (Å²) in [7, 11) is 0. The molecule has 1 atom stereocenters. The topological polar surface area (TPSA) is 52.1 Å². The quantitative estimate of drug-likeness (QED) is 0.448. The van der Waals surface area contributed by atoms with Gasteiger partial charge in [0.25, 0.3) is 0 Å². The Balaban J connectivity index is 2.42. The summed E-state index contributed by atoms with van der Waals surface area (Å²) in [4.78, 5) is 19.7. The zero-order valence-electron chi connectivity index (χ0n) is 9.77. The van der Waals surface area contributed by atoms with Crippen molar-refractivity contribution in [1.29, 1.82) is 0 Å². The average Bonchev–Trinajstić information content (AvgIpc) is 2.26. The number of carbonyl (C=O) groups excluding carboxylic acids is 1. The van der Waals surface area contributed by atoms with Gasteiger partial charge in [-0.15, -0.1) is 0 Å². The van der Waals surface area contributed by atoms with Crippen LogP contribution in [0.3, 0.4) is 0 Å². The van der Waals surface area contributed by atoms with E-state index in [2.05, 4.69) is 9.97 Å². The maximum Gasteiger partial charge on any atom is 0.309 e. The van der Waals surface area contributed by atoms with Crippen LogP contribution >= 0.6 is 11.8 Å². The first-order chi connectivity index (χ1) is 7.63. The highest BCUT2D eigenvalue weighted by Crippen LogP contribution is 2.17. The Labute approximate surface area is 99.8 Å². The predicted molar refractivity (Wildman–Crippen MR) is 63.3 cm³/mol. The number of thioether (sulfide) groups is 1. The molecule has 5 heteroatoms. The number of hydrogen-bond donors (Lipinski definition) is 0. The summed E-state index contributed by atoms with van der Waals surface area (Å²) in [5.74, 6) is 0.346. The fraction of sp³-hybridized carbons (Fsp3) is 0.545. The Morgan fingerprint density at radius 1 is 1.62 bits per heavy atom. The third-order valence-corrected chi connectivity index (χ3v) is 3.05. The van der Waals surface area contributed by atoms with Crippen molar-refractivity contribution < 1.29 is 9.53 Å². The van der Waals surface area contributed by atoms with Crippen LogP contribution in [0.1, 0.15) is 19.5 Å². The second-order valence-electron chi connectivity index (χ2n) is 3.44. The molecule has 0 spiro atoms. The lowest BCUT2D eigenvalue weighted by atomic mass is 10.2. The van der Waals surface area contributed by atoms with Crippen LogP contribution in [0.4, 0.5) is 0 Å². The Morgan fingerprint density at radius 2 is 2.38 bits per heavy atom. The molecule has 16 heavy (non-hydrogen) atoms. The Bertz CT molecular complexity index is 358. The van der Waals surface area contributed by atoms with Crippen molar-refractivity contribution in [2.24, 2.45) is 5.92 Å². The molecule has 0 amide bonds. The second-order valence-corrected chi connectivity index (χ2v) is 4.43. The highest BCUT2D eigenvalue weighted by molar-refractivity contribution is 7.99. The van der Waals surface area contributed by atoms with Crippen molar-refractivity contribution in [1.82, 2.24) is 9.97 Å². The van der Waals surface area contributed by atoms with Crippen LogP contribution in [0.15, 0.2) is 17.4 Å². The predicted octanol–water partition coefficient (Wildman–Crippen LogP) is 2.08. The summed E-state index contributed by atoms with van der Waals surface area (Å²) in [5.41, 5.74) is 0.932. The Morgan fingerprint density at radius 3 is 3.00 bits per heavy atom. The van der Waals surface area contributed by atoms with Crippen molar-refractivity contribution in [3.05, 3.63) is 18.0 Å². The van der Waals surface area contributed by atoms with E-state index in [1.165, 1.54) is 11.8 Å². The molecule has 0 bridgehead atoms. The number of ether oxygens (including phenoxy) is 1. The van der Waals surface area contributed by atoms with Crippen LogP contribution in [-0.4, -0.2) is 28.3 Å². The van der Waals surface area contributed by atoms with Gasteiger partial charge in [-0.1, -0.05) is 18.7 Å². The lowest BCUT2D eigenvalue weighted by molar-refractivity contribution is -0.146. The van der Waals surface area contributed by atoms with Crippen LogP contribution in [0.5, 0.6) is 0 Å². The molecule has 0 saturated heterocycles. The van der Waals surface area contributed by atoms with E-state index in [0.29, 0.717) is 17.5 Å². The minimum atomic E-state index is -0.164. The van der Waals surface area contributed by atoms with Crippen LogP contribution < -0.4 is 0 Å². The molecule has 0 fully saturated rings. The Hall–Kier alpha value is -1.10. The first-order valence-electron chi connectivity index (χ1n) is 5.22. The monoisotopic (exact) mass is 240 g/mol. The van der Waals surface area contributed by atoms with Gasteiger partial charge in [0.2, 0.25) is 0 Å². The normalized spacial score (nSPS) is 12.2. The van der Waals surface area contributed by atoms with Crippen molar-refractivity contribution in [2.45, 2.75) is 25.9 Å². The Kier molecular flexibility index (Phi) is 5.25. The molecule has 1 rings (SSSR count). The first kappa shape index (κ1) is 13.0. The van der Waals surface area contributed by atoms with Crippen molar-refractivity contribution in [3.8, 4) is 0 Å². The van der Waals surface area contributed by atoms with Gasteiger partial charge in [-0.05, 0) is 19.9 Å². The number of aromatic nitrogens is 2. The van der Waals surface area contributed by atoms with E-state index >= 15 is 0 Å². The molecular formula is C11H16N2O2S. The zero-order valence-corrected chi connectivity index (χ0v) is 10.6. The highest BCUT2D eigenvalue weighted by Gasteiger charge is 2.14. The standard InChI is InChI=1S/C11H16N2O2S/c1-4-15-10(14)8(2)7-16-11-12-6-5-9(3)13-11/h5-6,8H,4,7H2,1-3H3. The van der Waals surface area contributed by atoms with E-state index < -0.39 is 0 Å². The van der Waals surface area contributed by atoms with E-state index in [0.717, 1.165) is 5.69 Å². The summed E-state index contributed by atoms with van der Waals surface area (Å²) in [6, 6.07) is 1.85. The van der Waals surface area contributed by atoms with Crippen LogP contribution in [0.25, 0.3) is 0 Å². The van der Waals surface area contributed by atoms with Gasteiger partial charge in [0.1, 0.15) is 0 Å². The van der Waals surface area contributed by atoms with Crippen molar-refractivity contribution in [2.75, 3.05) is 12.4 Å². The molecule has 1 unspecified atom stereocenters. The van der Waals surface area contributed by atoms with Gasteiger partial charge in [-0.3, -0.25) is 4.79 Å². The molecule has 0 aliphatic heterocycles. The van der Waals surface area contributed by atoms with Gasteiger partial charge in [0, 0.05) is 17.6 Å². The molecule has 0 aliphatic rings. The third-order valence-electron chi connectivity index (χ3n) is 1.92. The minimum Gasteiger partial charge on any atom is -0.466 e. The summed E-state index contributed by atoms with van der Waals surface area (Å²) >= 11 is 1.47. The fourth-order valence-corrected chi connectivity index (χ4v) is 1.93. The lowest BCUT2D eigenvalue weighted by Gasteiger charge is -2.09. The van der Waals surface area contributed by atoms with Crippen LogP contribution in [0, 0.1) is 12.8 Å². The maximum atomic E-state index is 11.4. The smallest absolute Gasteiger partial charge is 0.309 e. The lowest BCUT2D eigenvalue weighted by Crippen LogP contribution is -2.16. The van der Waals surface area contributed by atoms with Gasteiger partial charge in [0.15, 0.2) is 5.16 Å². The SMILES string of the molecule is CCOC(=O)C(C)CSc1nccc(C)n1. The van der Waals surface area contributed by atoms with Crippen LogP contribution in [0.2, 0.25) is 0 Å². The van der Waals surface area contributed by atoms with Gasteiger partial charge < -0.3 is 4.74 Å². The first-order valence-corrected chi connectivity index (χ1v) is 6.21. The summed E-state index contributed by atoms with van der Waals surface area (Å²) in [5, 5.41) is 0.705. The maximum absolute atomic E-state index is 11.4. The van der Waals surface area contributed by atoms with E-state index in [9.17, 15) is 4.79 Å². The summed E-state index contributed by atoms with van der Waals surface area (Å²) in [6.07, 6.45) is 1.72. The molecule has 4 nitrogen and oxygen atoms in total. The van der Waals surface area contributed by atoms with E-state index in [-0.39, 0.29) is 11.9 Å². The molecule has 0 aliphatic carbocycles. The van der Waals surface area contributed by atoms with E-state index in [1.807, 2.05) is 19.9 Å². The number of esters is 1. The van der Waals surface area contributed by atoms with E-state index in [4.69, 9.17) is 4.74 Å². The molecule has 1 aromatic rings. The van der Waals surface area contributed by atoms with Crippen molar-refractivity contribution in [3.63, 3.8) is 0 Å². The number of nitrogens with zero attached hydrogens (tertiary/aromatic N) is 2. The fourth-order valence-electron chi connectivity index (χ4n) is 1.05. The minimum absolute atomic E-state index is 0.130. The molecule has 0 N–H and O–H groups in total. The van der Waals surface area contributed by atoms with Crippen molar-refractivity contribution >= 4 is 17.7 Å². The van der Waals surface area contributed by atoms with Gasteiger partial charge >= 0.3 is 5.97 Å². The molecule has 0 saturated carbocycles. The highest BCUT2D eigenvalue weighted by atomic mass is 32.2. The van der Waals surface area contributed by atoms with Gasteiger partial charge in [0.05, 0.1) is 12.5 Å². The average molecular weight is 240 g/mol. The molecule has 1 aromatic heterocycles. The summed E-state index contributed by atoms with van der Waals surface area (Å²) in [6.45, 7) is 6.00. The zero-order chi connectivity index (χ0) is 12.0. The number of carbonyl (C=O) groups is 1. The largest absolute Gasteiger partial charge is 0.466 e. The number of aryl methyl sites for hydroxylation is 1. The third kappa shape index (κ3) is 4.18.